The summed E-state index contributed by atoms with van der Waals surface area (Å²) in [6, 6.07) is 8.03. The zero-order valence-corrected chi connectivity index (χ0v) is 21.2. The van der Waals surface area contributed by atoms with Crippen LogP contribution in [0.5, 0.6) is 0 Å². The van der Waals surface area contributed by atoms with E-state index in [1.807, 2.05) is 12.1 Å². The fourth-order valence-corrected chi connectivity index (χ4v) is 6.39. The van der Waals surface area contributed by atoms with Gasteiger partial charge in [-0.05, 0) is 69.1 Å². The number of ether oxygens (including phenoxy) is 4. The molecular weight excluding hydrogens is 444 g/mol. The molecule has 4 heterocycles. The van der Waals surface area contributed by atoms with Crippen LogP contribution in [0, 0.1) is 5.21 Å². The topological polar surface area (TPSA) is 76.8 Å². The Labute approximate surface area is 207 Å². The molecular formula is C28H36N2O5. The van der Waals surface area contributed by atoms with E-state index in [-0.39, 0.29) is 24.4 Å². The van der Waals surface area contributed by atoms with Gasteiger partial charge in [0, 0.05) is 11.6 Å². The first-order chi connectivity index (χ1) is 16.9. The van der Waals surface area contributed by atoms with Gasteiger partial charge in [0.15, 0.2) is 17.7 Å². The molecule has 188 valence electrons. The fraction of sp³-hybridized carbons (Fsp3) is 0.643. The van der Waals surface area contributed by atoms with E-state index in [1.165, 1.54) is 5.56 Å². The molecule has 0 aromatic carbocycles. The van der Waals surface area contributed by atoms with Gasteiger partial charge >= 0.3 is 0 Å². The van der Waals surface area contributed by atoms with Gasteiger partial charge in [-0.15, -0.1) is 0 Å². The third-order valence-corrected chi connectivity index (χ3v) is 8.66. The Morgan fingerprint density at radius 1 is 0.800 bits per heavy atom. The summed E-state index contributed by atoms with van der Waals surface area (Å²) in [7, 11) is 0. The van der Waals surface area contributed by atoms with E-state index in [4.69, 9.17) is 23.9 Å². The monoisotopic (exact) mass is 480 g/mol. The summed E-state index contributed by atoms with van der Waals surface area (Å²) in [5, 5.41) is 13.8. The number of pyridine rings is 2. The smallest absolute Gasteiger partial charge is 0.242 e. The van der Waals surface area contributed by atoms with E-state index in [0.29, 0.717) is 17.1 Å². The van der Waals surface area contributed by atoms with E-state index in [2.05, 4.69) is 39.8 Å². The van der Waals surface area contributed by atoms with Gasteiger partial charge in [0.25, 0.3) is 0 Å². The van der Waals surface area contributed by atoms with Crippen molar-refractivity contribution < 1.29 is 23.7 Å². The standard InChI is InChI=1S/C28H36N2O5/c1-5-27(6-2)32-21-15-11-17-9-13-19(29-23(17)25(21)34-27)20-14-10-18-12-16-22-26(24(18)30(20)31)35-28(7-3,8-4)33-22/h9-10,13-14,21-22,25-26H,5-8,11-12,15-16H2,1-4H3/t21-,22-,25-,26-/m0/s1. The summed E-state index contributed by atoms with van der Waals surface area (Å²) in [5.41, 5.74) is 5.01. The molecule has 0 spiro atoms. The van der Waals surface area contributed by atoms with E-state index in [1.54, 1.807) is 0 Å². The summed E-state index contributed by atoms with van der Waals surface area (Å²) in [5.74, 6) is -1.15. The number of fused-ring (bicyclic) bond motifs is 6. The van der Waals surface area contributed by atoms with Crippen molar-refractivity contribution in [3.05, 3.63) is 52.0 Å². The Morgan fingerprint density at radius 3 is 2.03 bits per heavy atom. The molecule has 2 saturated heterocycles. The highest BCUT2D eigenvalue weighted by Crippen LogP contribution is 2.48. The molecule has 2 aromatic heterocycles. The van der Waals surface area contributed by atoms with Crippen molar-refractivity contribution >= 4 is 0 Å². The first kappa shape index (κ1) is 23.3. The molecule has 0 bridgehead atoms. The van der Waals surface area contributed by atoms with Crippen molar-refractivity contribution in [1.82, 2.24) is 4.98 Å². The molecule has 4 atom stereocenters. The second-order valence-electron chi connectivity index (χ2n) is 10.4. The quantitative estimate of drug-likeness (QED) is 0.431. The molecule has 0 unspecified atom stereocenters. The lowest BCUT2D eigenvalue weighted by atomic mass is 9.90. The van der Waals surface area contributed by atoms with Crippen LogP contribution < -0.4 is 4.73 Å². The Hall–Kier alpha value is -2.06. The van der Waals surface area contributed by atoms with E-state index in [0.717, 1.165) is 67.4 Å². The fourth-order valence-electron chi connectivity index (χ4n) is 6.39. The van der Waals surface area contributed by atoms with Gasteiger partial charge in [0.1, 0.15) is 11.8 Å². The largest absolute Gasteiger partial charge is 0.618 e. The molecule has 2 fully saturated rings. The molecule has 0 N–H and O–H groups in total. The van der Waals surface area contributed by atoms with E-state index in [9.17, 15) is 5.21 Å². The maximum Gasteiger partial charge on any atom is 0.242 e. The van der Waals surface area contributed by atoms with Gasteiger partial charge < -0.3 is 24.2 Å². The molecule has 0 radical (unpaired) electrons. The summed E-state index contributed by atoms with van der Waals surface area (Å²) in [6.45, 7) is 8.36. The maximum absolute atomic E-state index is 13.8. The van der Waals surface area contributed by atoms with Crippen LogP contribution in [0.3, 0.4) is 0 Å². The van der Waals surface area contributed by atoms with Gasteiger partial charge in [-0.3, -0.25) is 0 Å². The highest BCUT2D eigenvalue weighted by molar-refractivity contribution is 5.53. The average Bonchev–Trinajstić information content (AvgIpc) is 3.48. The zero-order valence-electron chi connectivity index (χ0n) is 21.2. The normalized spacial score (nSPS) is 29.8. The van der Waals surface area contributed by atoms with Crippen LogP contribution in [-0.4, -0.2) is 28.8 Å². The molecule has 0 amide bonds. The minimum absolute atomic E-state index is 0.00839. The van der Waals surface area contributed by atoms with Gasteiger partial charge in [-0.25, -0.2) is 4.98 Å². The second kappa shape index (κ2) is 8.51. The van der Waals surface area contributed by atoms with E-state index < -0.39 is 11.6 Å². The Balaban J connectivity index is 1.38. The van der Waals surface area contributed by atoms with Gasteiger partial charge in [-0.2, -0.15) is 4.73 Å². The molecule has 6 rings (SSSR count). The molecule has 0 saturated carbocycles. The van der Waals surface area contributed by atoms with Crippen LogP contribution in [0.1, 0.15) is 101 Å². The van der Waals surface area contributed by atoms with Gasteiger partial charge in [-0.1, -0.05) is 33.8 Å². The average molecular weight is 481 g/mol. The second-order valence-corrected chi connectivity index (χ2v) is 10.4. The van der Waals surface area contributed by atoms with Crippen LogP contribution in [0.15, 0.2) is 24.3 Å². The lowest BCUT2D eigenvalue weighted by molar-refractivity contribution is -0.608. The summed E-state index contributed by atoms with van der Waals surface area (Å²) in [4.78, 5) is 5.02. The number of hydrogen-bond acceptors (Lipinski definition) is 6. The highest BCUT2D eigenvalue weighted by Gasteiger charge is 2.52. The summed E-state index contributed by atoms with van der Waals surface area (Å²) in [6.07, 6.45) is 6.03. The lowest BCUT2D eigenvalue weighted by Gasteiger charge is -2.26. The molecule has 7 nitrogen and oxygen atoms in total. The van der Waals surface area contributed by atoms with Crippen molar-refractivity contribution in [2.75, 3.05) is 0 Å². The number of nitrogens with zero attached hydrogens (tertiary/aromatic N) is 2. The van der Waals surface area contributed by atoms with Crippen LogP contribution >= 0.6 is 0 Å². The number of hydrogen-bond donors (Lipinski definition) is 0. The molecule has 2 aliphatic carbocycles. The minimum atomic E-state index is -0.607. The van der Waals surface area contributed by atoms with Crippen LogP contribution in [0.25, 0.3) is 11.4 Å². The Bertz CT molecular complexity index is 1130. The number of aromatic nitrogens is 2. The number of aryl methyl sites for hydroxylation is 2. The van der Waals surface area contributed by atoms with Crippen LogP contribution in [-0.2, 0) is 31.8 Å². The first-order valence-corrected chi connectivity index (χ1v) is 13.4. The summed E-state index contributed by atoms with van der Waals surface area (Å²) >= 11 is 0. The van der Waals surface area contributed by atoms with Crippen molar-refractivity contribution in [3.8, 4) is 11.4 Å². The molecule has 7 heteroatoms. The Morgan fingerprint density at radius 2 is 1.37 bits per heavy atom. The molecule has 4 aliphatic rings. The van der Waals surface area contributed by atoms with Crippen LogP contribution in [0.4, 0.5) is 0 Å². The first-order valence-electron chi connectivity index (χ1n) is 13.4. The highest BCUT2D eigenvalue weighted by atomic mass is 16.8. The summed E-state index contributed by atoms with van der Waals surface area (Å²) < 4.78 is 26.7. The molecule has 2 aromatic rings. The SMILES string of the molecule is CCC1(CC)O[C@H]2CCc3ccc(-c4ccc5c([n+]4[O-])[C@H]4OC(CC)(CC)O[C@H]4CC5)nc3[C@H]2O1. The third kappa shape index (κ3) is 3.54. The van der Waals surface area contributed by atoms with E-state index >= 15 is 0 Å². The lowest BCUT2D eigenvalue weighted by Crippen LogP contribution is -2.42. The van der Waals surface area contributed by atoms with Crippen molar-refractivity contribution in [1.29, 1.82) is 0 Å². The maximum atomic E-state index is 13.8. The van der Waals surface area contributed by atoms with Crippen molar-refractivity contribution in [3.63, 3.8) is 0 Å². The van der Waals surface area contributed by atoms with Crippen molar-refractivity contribution in [2.24, 2.45) is 0 Å². The van der Waals surface area contributed by atoms with Gasteiger partial charge in [0.05, 0.1) is 17.9 Å². The van der Waals surface area contributed by atoms with Crippen LogP contribution in [0.2, 0.25) is 0 Å². The molecule has 35 heavy (non-hydrogen) atoms. The number of rotatable bonds is 5. The van der Waals surface area contributed by atoms with Crippen molar-refractivity contribution in [2.45, 2.75) is 115 Å². The zero-order chi connectivity index (χ0) is 24.4. The van der Waals surface area contributed by atoms with Gasteiger partial charge in [0.2, 0.25) is 11.4 Å². The predicted octanol–water partition coefficient (Wildman–Crippen LogP) is 5.22. The minimum Gasteiger partial charge on any atom is -0.618 e. The predicted molar refractivity (Wildman–Crippen MR) is 129 cm³/mol. The molecule has 2 aliphatic heterocycles. The third-order valence-electron chi connectivity index (χ3n) is 8.66. The Kier molecular flexibility index (Phi) is 5.68.